The van der Waals surface area contributed by atoms with Gasteiger partial charge in [0.2, 0.25) is 15.9 Å². The van der Waals surface area contributed by atoms with E-state index < -0.39 is 15.9 Å². The molecule has 0 aliphatic carbocycles. The Kier molecular flexibility index (Phi) is 6.44. The molecule has 2 aromatic carbocycles. The monoisotopic (exact) mass is 418 g/mol. The van der Waals surface area contributed by atoms with Crippen molar-refractivity contribution in [2.45, 2.75) is 24.7 Å². The van der Waals surface area contributed by atoms with Crippen LogP contribution in [0.15, 0.2) is 47.4 Å². The molecule has 0 spiro atoms. The number of aryl methyl sites for hydroxylation is 1. The number of amides is 1. The highest BCUT2D eigenvalue weighted by Crippen LogP contribution is 2.30. The Balaban J connectivity index is 1.72. The summed E-state index contributed by atoms with van der Waals surface area (Å²) in [7, 11) is -0.552. The van der Waals surface area contributed by atoms with E-state index in [1.807, 2.05) is 6.92 Å². The molecule has 1 heterocycles. The summed E-state index contributed by atoms with van der Waals surface area (Å²) in [5.41, 5.74) is 1.57. The molecule has 3 rings (SSSR count). The predicted octanol–water partition coefficient (Wildman–Crippen LogP) is 3.05. The number of hydrogen-bond acceptors (Lipinski definition) is 5. The van der Waals surface area contributed by atoms with Gasteiger partial charge in [-0.15, -0.1) is 0 Å². The van der Waals surface area contributed by atoms with E-state index >= 15 is 0 Å². The molecule has 0 aromatic heterocycles. The molecule has 1 aliphatic heterocycles. The maximum Gasteiger partial charge on any atom is 0.243 e. The van der Waals surface area contributed by atoms with Crippen molar-refractivity contribution in [3.63, 3.8) is 0 Å². The molecule has 0 radical (unpaired) electrons. The van der Waals surface area contributed by atoms with Crippen LogP contribution < -0.4 is 14.8 Å². The molecule has 1 N–H and O–H groups in total. The lowest BCUT2D eigenvalue weighted by molar-refractivity contribution is -0.120. The molecule has 1 amide bonds. The van der Waals surface area contributed by atoms with Gasteiger partial charge in [-0.05, 0) is 44.0 Å². The van der Waals surface area contributed by atoms with E-state index in [2.05, 4.69) is 5.32 Å². The molecular weight excluding hydrogens is 392 g/mol. The maximum atomic E-state index is 12.9. The highest BCUT2D eigenvalue weighted by atomic mass is 32.2. The first-order valence-electron chi connectivity index (χ1n) is 9.45. The average Bonchev–Trinajstić information content (AvgIpc) is 2.74. The lowest BCUT2D eigenvalue weighted by Crippen LogP contribution is -2.43. The summed E-state index contributed by atoms with van der Waals surface area (Å²) in [6.45, 7) is 2.48. The van der Waals surface area contributed by atoms with Crippen molar-refractivity contribution >= 4 is 21.6 Å². The number of anilines is 1. The van der Waals surface area contributed by atoms with Crippen molar-refractivity contribution in [3.8, 4) is 11.5 Å². The van der Waals surface area contributed by atoms with Crippen molar-refractivity contribution in [2.75, 3.05) is 32.6 Å². The van der Waals surface area contributed by atoms with Crippen LogP contribution in [0.3, 0.4) is 0 Å². The van der Waals surface area contributed by atoms with Gasteiger partial charge in [-0.2, -0.15) is 4.31 Å². The fourth-order valence-electron chi connectivity index (χ4n) is 3.39. The number of methoxy groups -OCH3 is 2. The molecule has 2 aromatic rings. The zero-order valence-corrected chi connectivity index (χ0v) is 17.7. The first-order chi connectivity index (χ1) is 13.8. The number of nitrogens with one attached hydrogen (secondary N) is 1. The summed E-state index contributed by atoms with van der Waals surface area (Å²) >= 11 is 0. The summed E-state index contributed by atoms with van der Waals surface area (Å²) in [6, 6.07) is 11.9. The van der Waals surface area contributed by atoms with Crippen LogP contribution in [0, 0.1) is 12.8 Å². The van der Waals surface area contributed by atoms with Crippen LogP contribution in [0.1, 0.15) is 18.4 Å². The number of rotatable bonds is 6. The van der Waals surface area contributed by atoms with Gasteiger partial charge in [0.25, 0.3) is 0 Å². The van der Waals surface area contributed by atoms with Gasteiger partial charge in [0.15, 0.2) is 11.5 Å². The standard InChI is InChI=1S/C21H26N2O5S/c1-15-6-9-18(10-7-15)29(25,26)23-12-4-5-16(14-23)21(24)22-17-8-11-19(27-2)20(13-17)28-3/h6-11,13,16H,4-5,12,14H2,1-3H3,(H,22,24)/t16-/m0/s1. The molecular formula is C21H26N2O5S. The summed E-state index contributed by atoms with van der Waals surface area (Å²) < 4.78 is 37.8. The van der Waals surface area contributed by atoms with Crippen molar-refractivity contribution < 1.29 is 22.7 Å². The molecule has 1 atom stereocenters. The fraction of sp³-hybridized carbons (Fsp3) is 0.381. The molecule has 1 fully saturated rings. The Morgan fingerprint density at radius 1 is 1.07 bits per heavy atom. The molecule has 1 aliphatic rings. The Morgan fingerprint density at radius 2 is 1.76 bits per heavy atom. The molecule has 0 saturated carbocycles. The summed E-state index contributed by atoms with van der Waals surface area (Å²) in [4.78, 5) is 13.0. The van der Waals surface area contributed by atoms with E-state index in [0.29, 0.717) is 36.6 Å². The van der Waals surface area contributed by atoms with Crippen molar-refractivity contribution in [1.82, 2.24) is 4.31 Å². The molecule has 8 heteroatoms. The van der Waals surface area contributed by atoms with Gasteiger partial charge in [0.1, 0.15) is 0 Å². The van der Waals surface area contributed by atoms with Crippen LogP contribution in [0.5, 0.6) is 11.5 Å². The van der Waals surface area contributed by atoms with Crippen molar-refractivity contribution in [3.05, 3.63) is 48.0 Å². The number of piperidine rings is 1. The molecule has 7 nitrogen and oxygen atoms in total. The third-order valence-corrected chi connectivity index (χ3v) is 6.94. The first kappa shape index (κ1) is 21.1. The van der Waals surface area contributed by atoms with Gasteiger partial charge >= 0.3 is 0 Å². The normalized spacial score (nSPS) is 17.6. The van der Waals surface area contributed by atoms with Crippen LogP contribution in [0.4, 0.5) is 5.69 Å². The van der Waals surface area contributed by atoms with E-state index in [1.54, 1.807) is 49.6 Å². The quantitative estimate of drug-likeness (QED) is 0.779. The topological polar surface area (TPSA) is 84.9 Å². The van der Waals surface area contributed by atoms with Gasteiger partial charge in [-0.3, -0.25) is 4.79 Å². The number of carbonyl (C=O) groups excluding carboxylic acids is 1. The zero-order valence-electron chi connectivity index (χ0n) is 16.8. The third-order valence-electron chi connectivity index (χ3n) is 5.06. The van der Waals surface area contributed by atoms with Gasteiger partial charge in [0, 0.05) is 24.8 Å². The van der Waals surface area contributed by atoms with Crippen LogP contribution in [-0.2, 0) is 14.8 Å². The molecule has 0 unspecified atom stereocenters. The van der Waals surface area contributed by atoms with E-state index in [4.69, 9.17) is 9.47 Å². The van der Waals surface area contributed by atoms with E-state index in [0.717, 1.165) is 5.56 Å². The summed E-state index contributed by atoms with van der Waals surface area (Å²) in [5, 5.41) is 2.86. The van der Waals surface area contributed by atoms with E-state index in [9.17, 15) is 13.2 Å². The van der Waals surface area contributed by atoms with Gasteiger partial charge in [-0.25, -0.2) is 8.42 Å². The highest BCUT2D eigenvalue weighted by molar-refractivity contribution is 7.89. The Morgan fingerprint density at radius 3 is 2.41 bits per heavy atom. The number of nitrogens with zero attached hydrogens (tertiary/aromatic N) is 1. The number of benzene rings is 2. The zero-order chi connectivity index (χ0) is 21.0. The predicted molar refractivity (Wildman–Crippen MR) is 111 cm³/mol. The van der Waals surface area contributed by atoms with Gasteiger partial charge in [0.05, 0.1) is 25.0 Å². The number of hydrogen-bond donors (Lipinski definition) is 1. The van der Waals surface area contributed by atoms with Crippen LogP contribution >= 0.6 is 0 Å². The van der Waals surface area contributed by atoms with Gasteiger partial charge < -0.3 is 14.8 Å². The Hall–Kier alpha value is -2.58. The highest BCUT2D eigenvalue weighted by Gasteiger charge is 2.33. The SMILES string of the molecule is COc1ccc(NC(=O)[C@H]2CCCN(S(=O)(=O)c3ccc(C)cc3)C2)cc1OC. The second kappa shape index (κ2) is 8.84. The number of carbonyl (C=O) groups is 1. The number of ether oxygens (including phenoxy) is 2. The smallest absolute Gasteiger partial charge is 0.243 e. The minimum absolute atomic E-state index is 0.162. The van der Waals surface area contributed by atoms with Crippen molar-refractivity contribution in [2.24, 2.45) is 5.92 Å². The second-order valence-electron chi connectivity index (χ2n) is 7.07. The van der Waals surface area contributed by atoms with E-state index in [-0.39, 0.29) is 17.3 Å². The average molecular weight is 419 g/mol. The second-order valence-corrected chi connectivity index (χ2v) is 9.01. The Bertz CT molecular complexity index is 973. The third kappa shape index (κ3) is 4.71. The molecule has 156 valence electrons. The minimum atomic E-state index is -3.62. The minimum Gasteiger partial charge on any atom is -0.493 e. The lowest BCUT2D eigenvalue weighted by atomic mass is 9.98. The van der Waals surface area contributed by atoms with E-state index in [1.165, 1.54) is 11.4 Å². The summed E-state index contributed by atoms with van der Waals surface area (Å²) in [6.07, 6.45) is 1.27. The van der Waals surface area contributed by atoms with Crippen LogP contribution in [0.2, 0.25) is 0 Å². The lowest BCUT2D eigenvalue weighted by Gasteiger charge is -2.31. The first-order valence-corrected chi connectivity index (χ1v) is 10.9. The Labute approximate surface area is 171 Å². The van der Waals surface area contributed by atoms with Crippen LogP contribution in [-0.4, -0.2) is 45.9 Å². The van der Waals surface area contributed by atoms with Crippen molar-refractivity contribution in [1.29, 1.82) is 0 Å². The van der Waals surface area contributed by atoms with Gasteiger partial charge in [-0.1, -0.05) is 17.7 Å². The molecule has 1 saturated heterocycles. The molecule has 0 bridgehead atoms. The maximum absolute atomic E-state index is 12.9. The summed E-state index contributed by atoms with van der Waals surface area (Å²) in [5.74, 6) is 0.453. The van der Waals surface area contributed by atoms with Crippen LogP contribution in [0.25, 0.3) is 0 Å². The number of sulfonamides is 1. The largest absolute Gasteiger partial charge is 0.493 e. The molecule has 29 heavy (non-hydrogen) atoms. The fourth-order valence-corrected chi connectivity index (χ4v) is 4.92.